The van der Waals surface area contributed by atoms with Crippen LogP contribution in [0.15, 0.2) is 0 Å². The molecule has 0 aromatic rings. The molecule has 2 nitrogen and oxygen atoms in total. The Morgan fingerprint density at radius 1 is 1.00 bits per heavy atom. The van der Waals surface area contributed by atoms with Crippen molar-refractivity contribution in [2.75, 3.05) is 6.61 Å². The lowest BCUT2D eigenvalue weighted by Crippen LogP contribution is -2.47. The van der Waals surface area contributed by atoms with Gasteiger partial charge in [0.05, 0.1) is 12.2 Å². The third-order valence-electron chi connectivity index (χ3n) is 4.37. The summed E-state index contributed by atoms with van der Waals surface area (Å²) in [6.45, 7) is 9.75. The smallest absolute Gasteiger partial charge is 0.174 e. The molecule has 94 valence electrons. The fourth-order valence-electron chi connectivity index (χ4n) is 2.25. The molecule has 1 atom stereocenters. The van der Waals surface area contributed by atoms with Crippen molar-refractivity contribution in [3.05, 3.63) is 0 Å². The van der Waals surface area contributed by atoms with Gasteiger partial charge in [-0.1, -0.05) is 33.1 Å². The monoisotopic (exact) mass is 244 g/mol. The zero-order valence-electron chi connectivity index (χ0n) is 11.1. The highest BCUT2D eigenvalue weighted by atomic mass is 31.2. The lowest BCUT2D eigenvalue weighted by molar-refractivity contribution is -0.0747. The van der Waals surface area contributed by atoms with E-state index in [0.29, 0.717) is 5.66 Å². The highest BCUT2D eigenvalue weighted by molar-refractivity contribution is 7.48. The average Bonchev–Trinajstić information content (AvgIpc) is 2.23. The van der Waals surface area contributed by atoms with Crippen molar-refractivity contribution in [3.63, 3.8) is 0 Å². The van der Waals surface area contributed by atoms with Crippen LogP contribution in [-0.4, -0.2) is 17.9 Å². The lowest BCUT2D eigenvalue weighted by Gasteiger charge is -2.49. The van der Waals surface area contributed by atoms with Gasteiger partial charge < -0.3 is 9.05 Å². The summed E-state index contributed by atoms with van der Waals surface area (Å²) in [4.78, 5) is 0. The van der Waals surface area contributed by atoms with Crippen LogP contribution in [0.25, 0.3) is 0 Å². The van der Waals surface area contributed by atoms with E-state index >= 15 is 0 Å². The van der Waals surface area contributed by atoms with Crippen molar-refractivity contribution >= 4 is 8.38 Å². The van der Waals surface area contributed by atoms with Gasteiger partial charge in [0.2, 0.25) is 0 Å². The molecule has 0 aromatic heterocycles. The molecule has 0 amide bonds. The minimum absolute atomic E-state index is 0.0472. The van der Waals surface area contributed by atoms with Gasteiger partial charge in [0.1, 0.15) is 0 Å². The maximum atomic E-state index is 6.27. The molecule has 1 unspecified atom stereocenters. The van der Waals surface area contributed by atoms with Crippen LogP contribution in [0.3, 0.4) is 0 Å². The Hall–Kier alpha value is 0.350. The topological polar surface area (TPSA) is 18.5 Å². The summed E-state index contributed by atoms with van der Waals surface area (Å²) >= 11 is 0. The Labute approximate surface area is 101 Å². The molecule has 0 radical (unpaired) electrons. The first-order chi connectivity index (χ1) is 7.42. The van der Waals surface area contributed by atoms with E-state index in [1.54, 1.807) is 0 Å². The standard InChI is InChI=1S/C13H25O2P/c1-12(2)10-14-16(15-13(12,3)4)11-8-6-5-7-9-11/h11H,5-10H2,1-4H3. The maximum Gasteiger partial charge on any atom is 0.174 e. The van der Waals surface area contributed by atoms with Crippen molar-refractivity contribution in [2.45, 2.75) is 71.1 Å². The molecule has 1 aliphatic carbocycles. The predicted molar refractivity (Wildman–Crippen MR) is 68.7 cm³/mol. The van der Waals surface area contributed by atoms with E-state index in [-0.39, 0.29) is 11.0 Å². The Morgan fingerprint density at radius 2 is 1.62 bits per heavy atom. The first-order valence-corrected chi connectivity index (χ1v) is 7.78. The second-order valence-electron chi connectivity index (χ2n) is 6.34. The SMILES string of the molecule is CC1(C)COP(C2CCCCC2)OC1(C)C. The fraction of sp³-hybridized carbons (Fsp3) is 1.00. The predicted octanol–water partition coefficient (Wildman–Crippen LogP) is 4.48. The van der Waals surface area contributed by atoms with Crippen LogP contribution in [0.5, 0.6) is 0 Å². The molecule has 2 fully saturated rings. The summed E-state index contributed by atoms with van der Waals surface area (Å²) in [5.41, 5.74) is 0.772. The molecule has 0 aromatic carbocycles. The molecule has 0 spiro atoms. The first-order valence-electron chi connectivity index (χ1n) is 6.54. The van der Waals surface area contributed by atoms with Crippen LogP contribution >= 0.6 is 8.38 Å². The van der Waals surface area contributed by atoms with Gasteiger partial charge in [0, 0.05) is 11.1 Å². The van der Waals surface area contributed by atoms with Gasteiger partial charge >= 0.3 is 0 Å². The zero-order valence-corrected chi connectivity index (χ0v) is 12.0. The van der Waals surface area contributed by atoms with Crippen LogP contribution in [0.4, 0.5) is 0 Å². The minimum atomic E-state index is -0.636. The molecular weight excluding hydrogens is 219 g/mol. The molecule has 2 aliphatic rings. The quantitative estimate of drug-likeness (QED) is 0.633. The van der Waals surface area contributed by atoms with Gasteiger partial charge in [-0.15, -0.1) is 0 Å². The van der Waals surface area contributed by atoms with E-state index in [4.69, 9.17) is 9.05 Å². The molecule has 16 heavy (non-hydrogen) atoms. The lowest BCUT2D eigenvalue weighted by atomic mass is 9.78. The highest BCUT2D eigenvalue weighted by Crippen LogP contribution is 2.59. The van der Waals surface area contributed by atoms with E-state index in [0.717, 1.165) is 6.61 Å². The molecule has 0 bridgehead atoms. The van der Waals surface area contributed by atoms with Crippen LogP contribution in [0.2, 0.25) is 0 Å². The third kappa shape index (κ3) is 2.44. The molecule has 2 rings (SSSR count). The molecule has 0 N–H and O–H groups in total. The average molecular weight is 244 g/mol. The summed E-state index contributed by atoms with van der Waals surface area (Å²) in [7, 11) is -0.636. The van der Waals surface area contributed by atoms with Crippen molar-refractivity contribution in [1.29, 1.82) is 0 Å². The Bertz CT molecular complexity index is 244. The Kier molecular flexibility index (Phi) is 3.64. The van der Waals surface area contributed by atoms with Gasteiger partial charge in [0.25, 0.3) is 0 Å². The molecule has 1 saturated carbocycles. The van der Waals surface area contributed by atoms with E-state index in [9.17, 15) is 0 Å². The zero-order chi connectivity index (χ0) is 11.8. The van der Waals surface area contributed by atoms with E-state index < -0.39 is 8.38 Å². The van der Waals surface area contributed by atoms with E-state index in [1.807, 2.05) is 0 Å². The van der Waals surface area contributed by atoms with Crippen LogP contribution in [-0.2, 0) is 9.05 Å². The number of hydrogen-bond donors (Lipinski definition) is 0. The molecule has 1 heterocycles. The third-order valence-corrected chi connectivity index (χ3v) is 6.51. The molecule has 1 aliphatic heterocycles. The van der Waals surface area contributed by atoms with Crippen molar-refractivity contribution in [1.82, 2.24) is 0 Å². The van der Waals surface area contributed by atoms with Gasteiger partial charge in [-0.3, -0.25) is 0 Å². The summed E-state index contributed by atoms with van der Waals surface area (Å²) in [5, 5.41) is 0. The van der Waals surface area contributed by atoms with Crippen LogP contribution in [0.1, 0.15) is 59.8 Å². The van der Waals surface area contributed by atoms with Crippen molar-refractivity contribution < 1.29 is 9.05 Å². The second kappa shape index (κ2) is 4.55. The van der Waals surface area contributed by atoms with Gasteiger partial charge in [-0.25, -0.2) is 0 Å². The largest absolute Gasteiger partial charge is 0.333 e. The minimum Gasteiger partial charge on any atom is -0.333 e. The number of rotatable bonds is 1. The molecular formula is C13H25O2P. The summed E-state index contributed by atoms with van der Waals surface area (Å²) < 4.78 is 12.3. The normalized spacial score (nSPS) is 34.9. The van der Waals surface area contributed by atoms with Gasteiger partial charge in [0.15, 0.2) is 8.38 Å². The first kappa shape index (κ1) is 12.8. The second-order valence-corrected chi connectivity index (χ2v) is 8.08. The Balaban J connectivity index is 1.99. The fourth-order valence-corrected chi connectivity index (χ4v) is 4.59. The van der Waals surface area contributed by atoms with E-state index in [1.165, 1.54) is 32.1 Å². The molecule has 3 heteroatoms. The maximum absolute atomic E-state index is 6.27. The highest BCUT2D eigenvalue weighted by Gasteiger charge is 2.47. The summed E-state index contributed by atoms with van der Waals surface area (Å²) in [6.07, 6.45) is 6.74. The van der Waals surface area contributed by atoms with Crippen molar-refractivity contribution in [2.24, 2.45) is 5.41 Å². The van der Waals surface area contributed by atoms with Crippen LogP contribution < -0.4 is 0 Å². The Morgan fingerprint density at radius 3 is 2.19 bits per heavy atom. The van der Waals surface area contributed by atoms with Gasteiger partial charge in [-0.2, -0.15) is 0 Å². The van der Waals surface area contributed by atoms with E-state index in [2.05, 4.69) is 27.7 Å². The summed E-state index contributed by atoms with van der Waals surface area (Å²) in [6, 6.07) is 0. The number of hydrogen-bond acceptors (Lipinski definition) is 2. The van der Waals surface area contributed by atoms with Crippen LogP contribution in [0, 0.1) is 5.41 Å². The summed E-state index contributed by atoms with van der Waals surface area (Å²) in [5.74, 6) is 0. The van der Waals surface area contributed by atoms with Crippen molar-refractivity contribution in [3.8, 4) is 0 Å². The van der Waals surface area contributed by atoms with Gasteiger partial charge in [-0.05, 0) is 26.7 Å². The molecule has 1 saturated heterocycles.